The zero-order valence-electron chi connectivity index (χ0n) is 13.3. The Morgan fingerprint density at radius 2 is 2.08 bits per heavy atom. The Kier molecular flexibility index (Phi) is 3.90. The van der Waals surface area contributed by atoms with E-state index in [4.69, 9.17) is 9.47 Å². The Hall–Kier alpha value is -2.47. The number of ether oxygens (including phenoxy) is 2. The van der Waals surface area contributed by atoms with E-state index in [-0.39, 0.29) is 17.6 Å². The van der Waals surface area contributed by atoms with Gasteiger partial charge < -0.3 is 14.4 Å². The number of aromatic nitrogens is 2. The van der Waals surface area contributed by atoms with Crippen LogP contribution in [0, 0.1) is 0 Å². The smallest absolute Gasteiger partial charge is 0.255 e. The molecule has 24 heavy (non-hydrogen) atoms. The number of likely N-dealkylation sites (tertiary alicyclic amines) is 1. The fraction of sp³-hybridized carbons (Fsp3) is 0.389. The summed E-state index contributed by atoms with van der Waals surface area (Å²) in [6.07, 6.45) is 8.34. The van der Waals surface area contributed by atoms with Gasteiger partial charge in [0.25, 0.3) is 5.91 Å². The first-order valence-corrected chi connectivity index (χ1v) is 8.14. The van der Waals surface area contributed by atoms with Crippen LogP contribution in [0.1, 0.15) is 23.2 Å². The highest BCUT2D eigenvalue weighted by molar-refractivity contribution is 5.94. The number of pyridine rings is 2. The zero-order chi connectivity index (χ0) is 16.4. The zero-order valence-corrected chi connectivity index (χ0v) is 13.3. The molecule has 2 aromatic heterocycles. The van der Waals surface area contributed by atoms with E-state index in [1.54, 1.807) is 36.9 Å². The predicted molar refractivity (Wildman–Crippen MR) is 86.7 cm³/mol. The number of carbonyl (C=O) groups is 1. The molecule has 0 bridgehead atoms. The molecule has 2 aliphatic heterocycles. The van der Waals surface area contributed by atoms with E-state index in [1.165, 1.54) is 0 Å². The molecule has 2 aromatic rings. The molecule has 4 rings (SSSR count). The molecule has 2 atom stereocenters. The van der Waals surface area contributed by atoms with Gasteiger partial charge in [-0.25, -0.2) is 0 Å². The second-order valence-corrected chi connectivity index (χ2v) is 6.35. The van der Waals surface area contributed by atoms with Gasteiger partial charge in [0, 0.05) is 31.6 Å². The average Bonchev–Trinajstić information content (AvgIpc) is 3.23. The van der Waals surface area contributed by atoms with Crippen molar-refractivity contribution in [2.24, 2.45) is 0 Å². The van der Waals surface area contributed by atoms with E-state index in [0.717, 1.165) is 18.6 Å². The van der Waals surface area contributed by atoms with Crippen molar-refractivity contribution >= 4 is 5.91 Å². The summed E-state index contributed by atoms with van der Waals surface area (Å²) in [5.41, 5.74) is 0.334. The Morgan fingerprint density at radius 3 is 2.83 bits per heavy atom. The lowest BCUT2D eigenvalue weighted by molar-refractivity contribution is 0.00994. The first-order valence-electron chi connectivity index (χ1n) is 8.14. The summed E-state index contributed by atoms with van der Waals surface area (Å²) in [6.45, 7) is 1.85. The van der Waals surface area contributed by atoms with Crippen molar-refractivity contribution in [2.75, 3.05) is 19.7 Å². The van der Waals surface area contributed by atoms with Crippen molar-refractivity contribution in [3.63, 3.8) is 0 Å². The van der Waals surface area contributed by atoms with Crippen LogP contribution in [-0.2, 0) is 4.74 Å². The lowest BCUT2D eigenvalue weighted by Crippen LogP contribution is -2.36. The molecule has 6 heteroatoms. The molecule has 0 aliphatic carbocycles. The van der Waals surface area contributed by atoms with Crippen molar-refractivity contribution in [1.82, 2.24) is 14.9 Å². The maximum Gasteiger partial charge on any atom is 0.255 e. The monoisotopic (exact) mass is 325 g/mol. The summed E-state index contributed by atoms with van der Waals surface area (Å²) in [5, 5.41) is 0. The normalized spacial score (nSPS) is 26.0. The highest BCUT2D eigenvalue weighted by Gasteiger charge is 2.47. The minimum Gasteiger partial charge on any atom is -0.486 e. The highest BCUT2D eigenvalue weighted by atomic mass is 16.6. The third kappa shape index (κ3) is 2.97. The number of hydrogen-bond donors (Lipinski definition) is 0. The number of carbonyl (C=O) groups excluding carboxylic acids is 1. The molecule has 6 nitrogen and oxygen atoms in total. The number of rotatable bonds is 3. The maximum absolute atomic E-state index is 12.6. The number of amides is 1. The van der Waals surface area contributed by atoms with E-state index in [1.807, 2.05) is 17.0 Å². The predicted octanol–water partition coefficient (Wildman–Crippen LogP) is 1.93. The summed E-state index contributed by atoms with van der Waals surface area (Å²) in [7, 11) is 0. The molecule has 124 valence electrons. The summed E-state index contributed by atoms with van der Waals surface area (Å²) in [6, 6.07) is 7.32. The molecule has 2 saturated heterocycles. The minimum atomic E-state index is -0.287. The lowest BCUT2D eigenvalue weighted by atomic mass is 9.98. The molecule has 0 aromatic carbocycles. The van der Waals surface area contributed by atoms with E-state index >= 15 is 0 Å². The SMILES string of the molecule is O=C(c1cccnc1)N1CCC2(CC(Oc3cccnc3)CO2)C1. The van der Waals surface area contributed by atoms with Crippen LogP contribution in [0.25, 0.3) is 0 Å². The van der Waals surface area contributed by atoms with Crippen molar-refractivity contribution in [2.45, 2.75) is 24.5 Å². The highest BCUT2D eigenvalue weighted by Crippen LogP contribution is 2.37. The minimum absolute atomic E-state index is 0.00245. The van der Waals surface area contributed by atoms with E-state index in [2.05, 4.69) is 9.97 Å². The molecule has 1 amide bonds. The Labute approximate surface area is 140 Å². The summed E-state index contributed by atoms with van der Waals surface area (Å²) < 4.78 is 12.0. The summed E-state index contributed by atoms with van der Waals surface area (Å²) in [5.74, 6) is 0.768. The molecule has 0 saturated carbocycles. The van der Waals surface area contributed by atoms with E-state index < -0.39 is 0 Å². The Bertz CT molecular complexity index is 710. The third-order valence-electron chi connectivity index (χ3n) is 4.62. The lowest BCUT2D eigenvalue weighted by Gasteiger charge is -2.23. The molecule has 2 unspecified atom stereocenters. The van der Waals surface area contributed by atoms with Gasteiger partial charge in [-0.05, 0) is 30.7 Å². The van der Waals surface area contributed by atoms with Crippen molar-refractivity contribution < 1.29 is 14.3 Å². The fourth-order valence-electron chi connectivity index (χ4n) is 3.46. The van der Waals surface area contributed by atoms with Crippen LogP contribution in [0.2, 0.25) is 0 Å². The summed E-state index contributed by atoms with van der Waals surface area (Å²) in [4.78, 5) is 22.5. The van der Waals surface area contributed by atoms with Gasteiger partial charge in [-0.15, -0.1) is 0 Å². The standard InChI is InChI=1S/C18H19N3O3/c22-17(14-3-1-6-19-10-14)21-8-5-18(13-21)9-16(12-23-18)24-15-4-2-7-20-11-15/h1-4,6-7,10-11,16H,5,8-9,12-13H2. The third-order valence-corrected chi connectivity index (χ3v) is 4.62. The fourth-order valence-corrected chi connectivity index (χ4v) is 3.46. The van der Waals surface area contributed by atoms with Crippen molar-refractivity contribution in [3.05, 3.63) is 54.6 Å². The molecule has 0 radical (unpaired) electrons. The van der Waals surface area contributed by atoms with Crippen LogP contribution in [-0.4, -0.2) is 52.2 Å². The van der Waals surface area contributed by atoms with Crippen LogP contribution >= 0.6 is 0 Å². The van der Waals surface area contributed by atoms with Gasteiger partial charge in [0.1, 0.15) is 11.9 Å². The van der Waals surface area contributed by atoms with E-state index in [0.29, 0.717) is 25.3 Å². The second kappa shape index (κ2) is 6.20. The number of nitrogens with zero attached hydrogens (tertiary/aromatic N) is 3. The van der Waals surface area contributed by atoms with Gasteiger partial charge in [0.15, 0.2) is 0 Å². The van der Waals surface area contributed by atoms with Crippen LogP contribution in [0.15, 0.2) is 49.1 Å². The van der Waals surface area contributed by atoms with Crippen molar-refractivity contribution in [1.29, 1.82) is 0 Å². The number of hydrogen-bond acceptors (Lipinski definition) is 5. The topological polar surface area (TPSA) is 64.6 Å². The molecule has 4 heterocycles. The molecular formula is C18H19N3O3. The maximum atomic E-state index is 12.6. The van der Waals surface area contributed by atoms with Crippen LogP contribution < -0.4 is 4.74 Å². The average molecular weight is 325 g/mol. The van der Waals surface area contributed by atoms with Gasteiger partial charge in [0.2, 0.25) is 0 Å². The summed E-state index contributed by atoms with van der Waals surface area (Å²) >= 11 is 0. The second-order valence-electron chi connectivity index (χ2n) is 6.35. The van der Waals surface area contributed by atoms with Gasteiger partial charge in [-0.1, -0.05) is 0 Å². The van der Waals surface area contributed by atoms with Gasteiger partial charge in [-0.3, -0.25) is 14.8 Å². The van der Waals surface area contributed by atoms with Gasteiger partial charge in [-0.2, -0.15) is 0 Å². The van der Waals surface area contributed by atoms with Crippen LogP contribution in [0.3, 0.4) is 0 Å². The first kappa shape index (κ1) is 15.1. The van der Waals surface area contributed by atoms with Crippen LogP contribution in [0.4, 0.5) is 0 Å². The largest absolute Gasteiger partial charge is 0.486 e. The Balaban J connectivity index is 1.39. The van der Waals surface area contributed by atoms with Gasteiger partial charge in [0.05, 0.1) is 30.5 Å². The molecule has 0 N–H and O–H groups in total. The van der Waals surface area contributed by atoms with Crippen molar-refractivity contribution in [3.8, 4) is 5.75 Å². The molecule has 1 spiro atoms. The first-order chi connectivity index (χ1) is 11.7. The molecular weight excluding hydrogens is 306 g/mol. The van der Waals surface area contributed by atoms with Crippen LogP contribution in [0.5, 0.6) is 5.75 Å². The Morgan fingerprint density at radius 1 is 1.25 bits per heavy atom. The van der Waals surface area contributed by atoms with E-state index in [9.17, 15) is 4.79 Å². The van der Waals surface area contributed by atoms with Gasteiger partial charge >= 0.3 is 0 Å². The quantitative estimate of drug-likeness (QED) is 0.863. The molecule has 2 aliphatic rings. The molecule has 2 fully saturated rings.